The molecule has 25 heavy (non-hydrogen) atoms. The Bertz CT molecular complexity index is 580. The van der Waals surface area contributed by atoms with E-state index in [4.69, 9.17) is 10.3 Å². The van der Waals surface area contributed by atoms with Gasteiger partial charge < -0.3 is 20.5 Å². The highest BCUT2D eigenvalue weighted by atomic mass is 16.5. The molecule has 1 aromatic rings. The van der Waals surface area contributed by atoms with Crippen LogP contribution >= 0.6 is 0 Å². The monoisotopic (exact) mass is 352 g/mol. The van der Waals surface area contributed by atoms with Gasteiger partial charge in [-0.25, -0.2) is 0 Å². The molecule has 0 saturated carbocycles. The van der Waals surface area contributed by atoms with Crippen LogP contribution in [0.15, 0.2) is 4.52 Å². The van der Waals surface area contributed by atoms with Crippen LogP contribution in [0.25, 0.3) is 0 Å². The Morgan fingerprint density at radius 2 is 1.96 bits per heavy atom. The lowest BCUT2D eigenvalue weighted by molar-refractivity contribution is -0.134. The van der Waals surface area contributed by atoms with Crippen molar-refractivity contribution in [2.75, 3.05) is 32.7 Å². The number of amides is 2. The Labute approximate surface area is 147 Å². The molecule has 0 spiro atoms. The van der Waals surface area contributed by atoms with Gasteiger partial charge in [-0.3, -0.25) is 14.5 Å². The molecule has 1 aliphatic rings. The average Bonchev–Trinajstić information content (AvgIpc) is 3.06. The number of hydrogen-bond donors (Lipinski definition) is 2. The molecule has 1 saturated heterocycles. The Kier molecular flexibility index (Phi) is 6.89. The number of hydrogen-bond acceptors (Lipinski definition) is 7. The molecule has 9 heteroatoms. The Hall–Kier alpha value is -2.00. The second kappa shape index (κ2) is 8.91. The zero-order valence-corrected chi connectivity index (χ0v) is 15.2. The fraction of sp³-hybridized carbons (Fsp3) is 0.750. The highest BCUT2D eigenvalue weighted by molar-refractivity contribution is 5.87. The average molecular weight is 352 g/mol. The fourth-order valence-corrected chi connectivity index (χ4v) is 2.55. The molecule has 2 amide bonds. The van der Waals surface area contributed by atoms with E-state index < -0.39 is 6.04 Å². The number of nitrogens with two attached hydrogens (primary N) is 1. The van der Waals surface area contributed by atoms with Gasteiger partial charge in [-0.1, -0.05) is 25.9 Å². The normalized spacial score (nSPS) is 16.9. The summed E-state index contributed by atoms with van der Waals surface area (Å²) in [6.07, 6.45) is 0.724. The summed E-state index contributed by atoms with van der Waals surface area (Å²) in [5.74, 6) is 0.977. The number of rotatable bonds is 7. The number of carbonyl (C=O) groups excluding carboxylic acids is 2. The minimum Gasteiger partial charge on any atom is -0.346 e. The zero-order valence-electron chi connectivity index (χ0n) is 15.2. The van der Waals surface area contributed by atoms with Gasteiger partial charge in [-0.15, -0.1) is 0 Å². The van der Waals surface area contributed by atoms with Crippen LogP contribution < -0.4 is 11.1 Å². The molecule has 0 unspecified atom stereocenters. The third kappa shape index (κ3) is 5.50. The molecular formula is C16H28N6O3. The summed E-state index contributed by atoms with van der Waals surface area (Å²) in [6, 6.07) is -0.590. The smallest absolute Gasteiger partial charge is 0.242 e. The summed E-state index contributed by atoms with van der Waals surface area (Å²) in [6.45, 7) is 9.02. The maximum absolute atomic E-state index is 12.2. The lowest BCUT2D eigenvalue weighted by Gasteiger charge is -2.34. The Morgan fingerprint density at radius 1 is 1.28 bits per heavy atom. The molecule has 1 atom stereocenters. The second-order valence-corrected chi connectivity index (χ2v) is 6.60. The van der Waals surface area contributed by atoms with Gasteiger partial charge in [0.15, 0.2) is 5.82 Å². The van der Waals surface area contributed by atoms with Gasteiger partial charge in [-0.2, -0.15) is 4.98 Å². The molecule has 1 aromatic heterocycles. The van der Waals surface area contributed by atoms with Gasteiger partial charge in [0.25, 0.3) is 0 Å². The van der Waals surface area contributed by atoms with Crippen LogP contribution in [0.1, 0.15) is 32.5 Å². The molecule has 9 nitrogen and oxygen atoms in total. The van der Waals surface area contributed by atoms with E-state index in [0.29, 0.717) is 31.3 Å². The van der Waals surface area contributed by atoms with Gasteiger partial charge >= 0.3 is 0 Å². The number of carbonyl (C=O) groups is 2. The molecule has 0 bridgehead atoms. The summed E-state index contributed by atoms with van der Waals surface area (Å²) >= 11 is 0. The van der Waals surface area contributed by atoms with E-state index >= 15 is 0 Å². The molecule has 3 N–H and O–H groups in total. The highest BCUT2D eigenvalue weighted by Crippen LogP contribution is 2.07. The summed E-state index contributed by atoms with van der Waals surface area (Å²) in [7, 11) is 0. The van der Waals surface area contributed by atoms with Crippen molar-refractivity contribution in [3.63, 3.8) is 0 Å². The van der Waals surface area contributed by atoms with Crippen LogP contribution in [-0.4, -0.2) is 70.5 Å². The fourth-order valence-electron chi connectivity index (χ4n) is 2.55. The van der Waals surface area contributed by atoms with Crippen molar-refractivity contribution in [1.29, 1.82) is 0 Å². The SMILES string of the molecule is CCc1nc(CN2CCN(C(=O)CNC(=O)[C@@H](N)C(C)C)CC2)no1. The summed E-state index contributed by atoms with van der Waals surface area (Å²) in [4.78, 5) is 32.3. The number of nitrogens with one attached hydrogen (secondary N) is 1. The first-order valence-corrected chi connectivity index (χ1v) is 8.75. The maximum atomic E-state index is 12.2. The van der Waals surface area contributed by atoms with E-state index in [1.165, 1.54) is 0 Å². The van der Waals surface area contributed by atoms with Gasteiger partial charge in [0.05, 0.1) is 19.1 Å². The molecular weight excluding hydrogens is 324 g/mol. The van der Waals surface area contributed by atoms with E-state index in [1.54, 1.807) is 4.90 Å². The molecule has 0 aromatic carbocycles. The third-order valence-corrected chi connectivity index (χ3v) is 4.34. The van der Waals surface area contributed by atoms with Crippen LogP contribution in [0.4, 0.5) is 0 Å². The van der Waals surface area contributed by atoms with Crippen LogP contribution in [-0.2, 0) is 22.6 Å². The van der Waals surface area contributed by atoms with Crippen molar-refractivity contribution >= 4 is 11.8 Å². The number of aryl methyl sites for hydroxylation is 1. The van der Waals surface area contributed by atoms with Crippen molar-refractivity contribution in [3.05, 3.63) is 11.7 Å². The lowest BCUT2D eigenvalue weighted by atomic mass is 10.1. The van der Waals surface area contributed by atoms with E-state index in [2.05, 4.69) is 20.4 Å². The third-order valence-electron chi connectivity index (χ3n) is 4.34. The quantitative estimate of drug-likeness (QED) is 0.671. The summed E-state index contributed by atoms with van der Waals surface area (Å²) < 4.78 is 5.10. The van der Waals surface area contributed by atoms with Crippen LogP contribution in [0.2, 0.25) is 0 Å². The minimum absolute atomic E-state index is 0.00997. The number of aromatic nitrogens is 2. The van der Waals surface area contributed by atoms with Crippen LogP contribution in [0.3, 0.4) is 0 Å². The molecule has 2 rings (SSSR count). The van der Waals surface area contributed by atoms with E-state index in [0.717, 1.165) is 19.5 Å². The van der Waals surface area contributed by atoms with E-state index in [9.17, 15) is 9.59 Å². The van der Waals surface area contributed by atoms with E-state index in [1.807, 2.05) is 20.8 Å². The summed E-state index contributed by atoms with van der Waals surface area (Å²) in [5.41, 5.74) is 5.76. The van der Waals surface area contributed by atoms with Crippen molar-refractivity contribution in [3.8, 4) is 0 Å². The number of nitrogens with zero attached hydrogens (tertiary/aromatic N) is 4. The first-order valence-electron chi connectivity index (χ1n) is 8.75. The zero-order chi connectivity index (χ0) is 18.4. The molecule has 0 radical (unpaired) electrons. The molecule has 140 valence electrons. The van der Waals surface area contributed by atoms with E-state index in [-0.39, 0.29) is 24.3 Å². The van der Waals surface area contributed by atoms with Crippen molar-refractivity contribution in [2.45, 2.75) is 39.8 Å². The summed E-state index contributed by atoms with van der Waals surface area (Å²) in [5, 5.41) is 6.57. The first-order chi connectivity index (χ1) is 11.9. The van der Waals surface area contributed by atoms with Crippen molar-refractivity contribution in [1.82, 2.24) is 25.3 Å². The minimum atomic E-state index is -0.590. The van der Waals surface area contributed by atoms with Crippen molar-refractivity contribution < 1.29 is 14.1 Å². The van der Waals surface area contributed by atoms with Gasteiger partial charge in [-0.05, 0) is 5.92 Å². The van der Waals surface area contributed by atoms with Gasteiger partial charge in [0, 0.05) is 32.6 Å². The van der Waals surface area contributed by atoms with Crippen LogP contribution in [0, 0.1) is 5.92 Å². The molecule has 1 aliphatic heterocycles. The Balaban J connectivity index is 1.72. The predicted octanol–water partition coefficient (Wildman–Crippen LogP) is -0.624. The molecule has 0 aliphatic carbocycles. The molecule has 2 heterocycles. The first kappa shape index (κ1) is 19.3. The standard InChI is InChI=1S/C16H28N6O3/c1-4-13-19-12(20-25-13)10-21-5-7-22(8-6-21)14(23)9-18-16(24)15(17)11(2)3/h11,15H,4-10,17H2,1-3H3,(H,18,24)/t15-/m0/s1. The number of piperazine rings is 1. The largest absolute Gasteiger partial charge is 0.346 e. The highest BCUT2D eigenvalue weighted by Gasteiger charge is 2.23. The maximum Gasteiger partial charge on any atom is 0.242 e. The van der Waals surface area contributed by atoms with Gasteiger partial charge in [0.2, 0.25) is 17.7 Å². The predicted molar refractivity (Wildman–Crippen MR) is 91.4 cm³/mol. The Morgan fingerprint density at radius 3 is 2.52 bits per heavy atom. The lowest BCUT2D eigenvalue weighted by Crippen LogP contribution is -2.52. The van der Waals surface area contributed by atoms with Crippen molar-refractivity contribution in [2.24, 2.45) is 11.7 Å². The molecule has 1 fully saturated rings. The van der Waals surface area contributed by atoms with Crippen LogP contribution in [0.5, 0.6) is 0 Å². The second-order valence-electron chi connectivity index (χ2n) is 6.60. The topological polar surface area (TPSA) is 118 Å². The van der Waals surface area contributed by atoms with Gasteiger partial charge in [0.1, 0.15) is 0 Å².